The van der Waals surface area contributed by atoms with Crippen LogP contribution in [0.15, 0.2) is 48.7 Å². The first-order chi connectivity index (χ1) is 10.6. The van der Waals surface area contributed by atoms with Gasteiger partial charge in [-0.25, -0.2) is 4.79 Å². The Kier molecular flexibility index (Phi) is 3.51. The van der Waals surface area contributed by atoms with Crippen LogP contribution in [0, 0.1) is 13.8 Å². The zero-order valence-corrected chi connectivity index (χ0v) is 12.4. The molecule has 0 fully saturated rings. The van der Waals surface area contributed by atoms with E-state index in [9.17, 15) is 9.90 Å². The predicted molar refractivity (Wildman–Crippen MR) is 87.9 cm³/mol. The smallest absolute Gasteiger partial charge is 0.337 e. The number of rotatable bonds is 3. The first-order valence-electron chi connectivity index (χ1n) is 7.02. The van der Waals surface area contributed by atoms with E-state index in [0.29, 0.717) is 5.69 Å². The molecule has 4 nitrogen and oxygen atoms in total. The summed E-state index contributed by atoms with van der Waals surface area (Å²) in [7, 11) is 0. The number of carbonyl (C=O) groups is 1. The van der Waals surface area contributed by atoms with Crippen molar-refractivity contribution in [2.75, 3.05) is 5.32 Å². The van der Waals surface area contributed by atoms with Crippen LogP contribution in [0.5, 0.6) is 0 Å². The molecule has 0 aliphatic heterocycles. The zero-order chi connectivity index (χ0) is 15.7. The van der Waals surface area contributed by atoms with Crippen molar-refractivity contribution in [2.24, 2.45) is 0 Å². The van der Waals surface area contributed by atoms with Gasteiger partial charge in [0.2, 0.25) is 0 Å². The second-order valence-corrected chi connectivity index (χ2v) is 5.24. The van der Waals surface area contributed by atoms with Gasteiger partial charge in [0.15, 0.2) is 0 Å². The molecule has 0 spiro atoms. The second-order valence-electron chi connectivity index (χ2n) is 5.24. The van der Waals surface area contributed by atoms with Crippen LogP contribution in [-0.2, 0) is 0 Å². The van der Waals surface area contributed by atoms with Crippen LogP contribution in [-0.4, -0.2) is 16.1 Å². The van der Waals surface area contributed by atoms with Gasteiger partial charge in [0.05, 0.1) is 16.8 Å². The van der Waals surface area contributed by atoms with E-state index in [1.165, 1.54) is 5.56 Å². The first kappa shape index (κ1) is 14.1. The van der Waals surface area contributed by atoms with Gasteiger partial charge in [0.25, 0.3) is 0 Å². The number of carboxylic acids is 1. The average Bonchev–Trinajstić information content (AvgIpc) is 2.52. The first-order valence-corrected chi connectivity index (χ1v) is 7.02. The normalized spacial score (nSPS) is 10.6. The van der Waals surface area contributed by atoms with Crippen molar-refractivity contribution in [1.29, 1.82) is 0 Å². The maximum atomic E-state index is 11.3. The number of hydrogen-bond acceptors (Lipinski definition) is 3. The summed E-state index contributed by atoms with van der Waals surface area (Å²) < 4.78 is 0. The van der Waals surface area contributed by atoms with Crippen molar-refractivity contribution in [3.05, 3.63) is 65.4 Å². The molecule has 0 bridgehead atoms. The Balaban J connectivity index is 2.13. The number of para-hydroxylation sites is 1. The lowest BCUT2D eigenvalue weighted by Gasteiger charge is -2.13. The summed E-state index contributed by atoms with van der Waals surface area (Å²) in [6.07, 6.45) is 1.74. The van der Waals surface area contributed by atoms with Crippen molar-refractivity contribution in [3.63, 3.8) is 0 Å². The van der Waals surface area contributed by atoms with Crippen molar-refractivity contribution in [1.82, 2.24) is 4.98 Å². The molecule has 3 aromatic rings. The van der Waals surface area contributed by atoms with E-state index in [1.54, 1.807) is 24.4 Å². The van der Waals surface area contributed by atoms with Crippen LogP contribution in [0.4, 0.5) is 11.4 Å². The van der Waals surface area contributed by atoms with Crippen molar-refractivity contribution in [2.45, 2.75) is 13.8 Å². The van der Waals surface area contributed by atoms with Crippen molar-refractivity contribution in [3.8, 4) is 0 Å². The zero-order valence-electron chi connectivity index (χ0n) is 12.4. The highest BCUT2D eigenvalue weighted by Crippen LogP contribution is 2.29. The Morgan fingerprint density at radius 3 is 2.59 bits per heavy atom. The molecule has 0 saturated carbocycles. The third-order valence-electron chi connectivity index (χ3n) is 3.86. The SMILES string of the molecule is Cc1ccc2c(Nc3ccccc3C(=O)O)ccnc2c1C. The monoisotopic (exact) mass is 292 g/mol. The van der Waals surface area contributed by atoms with Crippen LogP contribution in [0.1, 0.15) is 21.5 Å². The summed E-state index contributed by atoms with van der Waals surface area (Å²) >= 11 is 0. The molecule has 0 radical (unpaired) electrons. The number of nitrogens with one attached hydrogen (secondary N) is 1. The molecule has 0 aliphatic carbocycles. The van der Waals surface area contributed by atoms with E-state index < -0.39 is 5.97 Å². The molecule has 0 unspecified atom stereocenters. The third-order valence-corrected chi connectivity index (χ3v) is 3.86. The minimum Gasteiger partial charge on any atom is -0.478 e. The maximum Gasteiger partial charge on any atom is 0.337 e. The predicted octanol–water partition coefficient (Wildman–Crippen LogP) is 4.29. The largest absolute Gasteiger partial charge is 0.478 e. The van der Waals surface area contributed by atoms with Crippen LogP contribution >= 0.6 is 0 Å². The van der Waals surface area contributed by atoms with Gasteiger partial charge in [-0.15, -0.1) is 0 Å². The van der Waals surface area contributed by atoms with E-state index in [4.69, 9.17) is 0 Å². The average molecular weight is 292 g/mol. The Morgan fingerprint density at radius 1 is 1.05 bits per heavy atom. The third kappa shape index (κ3) is 2.39. The van der Waals surface area contributed by atoms with Gasteiger partial charge in [-0.05, 0) is 43.2 Å². The highest BCUT2D eigenvalue weighted by Gasteiger charge is 2.11. The molecule has 0 amide bonds. The van der Waals surface area contributed by atoms with Gasteiger partial charge in [0.1, 0.15) is 0 Å². The Morgan fingerprint density at radius 2 is 1.82 bits per heavy atom. The molecular weight excluding hydrogens is 276 g/mol. The molecule has 2 aromatic carbocycles. The lowest BCUT2D eigenvalue weighted by molar-refractivity contribution is 0.0698. The van der Waals surface area contributed by atoms with Gasteiger partial charge in [0, 0.05) is 17.3 Å². The van der Waals surface area contributed by atoms with E-state index >= 15 is 0 Å². The number of aryl methyl sites for hydroxylation is 2. The lowest BCUT2D eigenvalue weighted by Crippen LogP contribution is -2.03. The number of hydrogen-bond donors (Lipinski definition) is 2. The summed E-state index contributed by atoms with van der Waals surface area (Å²) in [4.78, 5) is 15.8. The fraction of sp³-hybridized carbons (Fsp3) is 0.111. The number of anilines is 2. The highest BCUT2D eigenvalue weighted by atomic mass is 16.4. The number of fused-ring (bicyclic) bond motifs is 1. The van der Waals surface area contributed by atoms with Gasteiger partial charge in [-0.3, -0.25) is 4.98 Å². The molecule has 0 atom stereocenters. The summed E-state index contributed by atoms with van der Waals surface area (Å²) in [6.45, 7) is 4.09. The van der Waals surface area contributed by atoms with Crippen LogP contribution in [0.2, 0.25) is 0 Å². The van der Waals surface area contributed by atoms with Gasteiger partial charge in [-0.2, -0.15) is 0 Å². The molecule has 1 aromatic heterocycles. The van der Waals surface area contributed by atoms with Crippen LogP contribution in [0.25, 0.3) is 10.9 Å². The lowest BCUT2D eigenvalue weighted by atomic mass is 10.0. The topological polar surface area (TPSA) is 62.2 Å². The highest BCUT2D eigenvalue weighted by molar-refractivity contribution is 5.99. The molecule has 3 rings (SSSR count). The standard InChI is InChI=1S/C18H16N2O2/c1-11-7-8-13-16(9-10-19-17(13)12(11)2)20-15-6-4-3-5-14(15)18(21)22/h3-10H,1-2H3,(H,19,20)(H,21,22). The van der Waals surface area contributed by atoms with Gasteiger partial charge < -0.3 is 10.4 Å². The number of carboxylic acid groups (broad SMARTS) is 1. The number of aromatic carboxylic acids is 1. The molecule has 0 aliphatic rings. The number of aromatic nitrogens is 1. The summed E-state index contributed by atoms with van der Waals surface area (Å²) in [6, 6.07) is 12.8. The fourth-order valence-electron chi connectivity index (χ4n) is 2.49. The maximum absolute atomic E-state index is 11.3. The molecule has 110 valence electrons. The van der Waals surface area contributed by atoms with Crippen molar-refractivity contribution >= 4 is 28.2 Å². The van der Waals surface area contributed by atoms with Gasteiger partial charge >= 0.3 is 5.97 Å². The van der Waals surface area contributed by atoms with Gasteiger partial charge in [-0.1, -0.05) is 24.3 Å². The molecule has 4 heteroatoms. The van der Waals surface area contributed by atoms with Crippen LogP contribution < -0.4 is 5.32 Å². The molecule has 22 heavy (non-hydrogen) atoms. The Bertz CT molecular complexity index is 872. The Hall–Kier alpha value is -2.88. The number of benzene rings is 2. The molecule has 1 heterocycles. The number of nitrogens with zero attached hydrogens (tertiary/aromatic N) is 1. The van der Waals surface area contributed by atoms with Crippen LogP contribution in [0.3, 0.4) is 0 Å². The molecular formula is C18H16N2O2. The van der Waals surface area contributed by atoms with Crippen molar-refractivity contribution < 1.29 is 9.90 Å². The second kappa shape index (κ2) is 5.48. The summed E-state index contributed by atoms with van der Waals surface area (Å²) in [5, 5.41) is 13.5. The minimum atomic E-state index is -0.950. The minimum absolute atomic E-state index is 0.247. The Labute approximate surface area is 128 Å². The van der Waals surface area contributed by atoms with E-state index in [2.05, 4.69) is 17.2 Å². The van der Waals surface area contributed by atoms with E-state index in [0.717, 1.165) is 22.2 Å². The van der Waals surface area contributed by atoms with E-state index in [1.807, 2.05) is 31.2 Å². The summed E-state index contributed by atoms with van der Waals surface area (Å²) in [5.74, 6) is -0.950. The number of pyridine rings is 1. The summed E-state index contributed by atoms with van der Waals surface area (Å²) in [5.41, 5.74) is 4.91. The molecule has 0 saturated heterocycles. The van der Waals surface area contributed by atoms with E-state index in [-0.39, 0.29) is 5.56 Å². The molecule has 2 N–H and O–H groups in total. The quantitative estimate of drug-likeness (QED) is 0.755. The fourth-order valence-corrected chi connectivity index (χ4v) is 2.49.